The molecule has 4 nitrogen and oxygen atoms in total. The van der Waals surface area contributed by atoms with Crippen LogP contribution in [0.25, 0.3) is 0 Å². The van der Waals surface area contributed by atoms with E-state index in [0.29, 0.717) is 25.6 Å². The molecular formula is C12H22N2O2. The van der Waals surface area contributed by atoms with Gasteiger partial charge in [0, 0.05) is 13.2 Å². The van der Waals surface area contributed by atoms with Crippen LogP contribution in [0.15, 0.2) is 0 Å². The molecule has 2 aliphatic rings. The molecule has 0 aromatic heterocycles. The predicted octanol–water partition coefficient (Wildman–Crippen LogP) is 0.801. The van der Waals surface area contributed by atoms with Crippen molar-refractivity contribution in [2.75, 3.05) is 19.8 Å². The molecule has 16 heavy (non-hydrogen) atoms. The average molecular weight is 226 g/mol. The highest BCUT2D eigenvalue weighted by atomic mass is 16.5. The van der Waals surface area contributed by atoms with Gasteiger partial charge >= 0.3 is 0 Å². The van der Waals surface area contributed by atoms with Crippen molar-refractivity contribution in [3.05, 3.63) is 0 Å². The van der Waals surface area contributed by atoms with Crippen LogP contribution in [0, 0.1) is 5.92 Å². The fourth-order valence-corrected chi connectivity index (χ4v) is 2.56. The molecule has 92 valence electrons. The second-order valence-corrected chi connectivity index (χ2v) is 5.17. The van der Waals surface area contributed by atoms with Crippen molar-refractivity contribution >= 4 is 5.91 Å². The molecule has 4 heteroatoms. The molecule has 0 radical (unpaired) electrons. The highest BCUT2D eigenvalue weighted by Gasteiger charge is 2.38. The third-order valence-corrected chi connectivity index (χ3v) is 3.78. The highest BCUT2D eigenvalue weighted by molar-refractivity contribution is 5.86. The predicted molar refractivity (Wildman–Crippen MR) is 61.9 cm³/mol. The Morgan fingerprint density at radius 1 is 1.38 bits per heavy atom. The van der Waals surface area contributed by atoms with Crippen LogP contribution in [0.4, 0.5) is 0 Å². The van der Waals surface area contributed by atoms with E-state index in [1.54, 1.807) is 0 Å². The van der Waals surface area contributed by atoms with E-state index in [1.807, 2.05) is 0 Å². The number of carbonyl (C=O) groups is 1. The van der Waals surface area contributed by atoms with Crippen molar-refractivity contribution in [3.63, 3.8) is 0 Å². The Bertz CT molecular complexity index is 243. The lowest BCUT2D eigenvalue weighted by Crippen LogP contribution is -2.55. The number of amides is 1. The Balaban J connectivity index is 1.74. The summed E-state index contributed by atoms with van der Waals surface area (Å²) in [5.41, 5.74) is 5.21. The first kappa shape index (κ1) is 11.9. The normalized spacial score (nSPS) is 31.6. The molecule has 3 N–H and O–H groups in total. The van der Waals surface area contributed by atoms with Crippen LogP contribution in [0.1, 0.15) is 38.5 Å². The molecule has 0 aromatic rings. The summed E-state index contributed by atoms with van der Waals surface area (Å²) >= 11 is 0. The molecule has 2 fully saturated rings. The van der Waals surface area contributed by atoms with Gasteiger partial charge in [0.2, 0.25) is 5.91 Å². The van der Waals surface area contributed by atoms with Gasteiger partial charge in [-0.2, -0.15) is 0 Å². The second kappa shape index (κ2) is 5.15. The van der Waals surface area contributed by atoms with Gasteiger partial charge in [-0.15, -0.1) is 0 Å². The molecule has 2 rings (SSSR count). The Hall–Kier alpha value is -0.610. The molecule has 1 amide bonds. The van der Waals surface area contributed by atoms with Gasteiger partial charge in [0.1, 0.15) is 5.54 Å². The minimum atomic E-state index is -0.769. The van der Waals surface area contributed by atoms with Crippen molar-refractivity contribution in [1.29, 1.82) is 0 Å². The second-order valence-electron chi connectivity index (χ2n) is 5.17. The summed E-state index contributed by atoms with van der Waals surface area (Å²) in [6.07, 6.45) is 7.08. The topological polar surface area (TPSA) is 64.4 Å². The zero-order chi connectivity index (χ0) is 11.4. The van der Waals surface area contributed by atoms with Crippen molar-refractivity contribution in [3.8, 4) is 0 Å². The molecule has 0 spiro atoms. The van der Waals surface area contributed by atoms with Gasteiger partial charge in [-0.05, 0) is 25.2 Å². The minimum Gasteiger partial charge on any atom is -0.379 e. The summed E-state index contributed by atoms with van der Waals surface area (Å²) in [7, 11) is 0. The van der Waals surface area contributed by atoms with Gasteiger partial charge in [0.15, 0.2) is 0 Å². The summed E-state index contributed by atoms with van der Waals surface area (Å²) in [6.45, 7) is 1.76. The van der Waals surface area contributed by atoms with Gasteiger partial charge in [-0.3, -0.25) is 4.79 Å². The maximum absolute atomic E-state index is 11.9. The van der Waals surface area contributed by atoms with Crippen LogP contribution in [0.3, 0.4) is 0 Å². The zero-order valence-corrected chi connectivity index (χ0v) is 9.84. The van der Waals surface area contributed by atoms with Crippen molar-refractivity contribution in [2.24, 2.45) is 11.7 Å². The van der Waals surface area contributed by atoms with E-state index >= 15 is 0 Å². The summed E-state index contributed by atoms with van der Waals surface area (Å²) < 4.78 is 5.19. The van der Waals surface area contributed by atoms with Crippen LogP contribution in [-0.2, 0) is 9.53 Å². The Kier molecular flexibility index (Phi) is 3.82. The van der Waals surface area contributed by atoms with Crippen LogP contribution in [0.5, 0.6) is 0 Å². The number of hydrogen-bond donors (Lipinski definition) is 2. The van der Waals surface area contributed by atoms with E-state index < -0.39 is 5.54 Å². The van der Waals surface area contributed by atoms with E-state index in [2.05, 4.69) is 5.32 Å². The Morgan fingerprint density at radius 3 is 2.75 bits per heavy atom. The summed E-state index contributed by atoms with van der Waals surface area (Å²) in [5, 5.41) is 2.99. The van der Waals surface area contributed by atoms with Crippen molar-refractivity contribution in [2.45, 2.75) is 44.1 Å². The van der Waals surface area contributed by atoms with Crippen molar-refractivity contribution in [1.82, 2.24) is 5.32 Å². The third-order valence-electron chi connectivity index (χ3n) is 3.78. The summed E-state index contributed by atoms with van der Waals surface area (Å²) in [5.74, 6) is 0.624. The number of carbonyl (C=O) groups excluding carboxylic acids is 1. The van der Waals surface area contributed by atoms with Gasteiger partial charge in [0.25, 0.3) is 0 Å². The first-order chi connectivity index (χ1) is 7.71. The molecule has 1 saturated heterocycles. The smallest absolute Gasteiger partial charge is 0.242 e. The maximum Gasteiger partial charge on any atom is 0.242 e. The Morgan fingerprint density at radius 2 is 2.12 bits per heavy atom. The summed E-state index contributed by atoms with van der Waals surface area (Å²) in [4.78, 5) is 11.9. The van der Waals surface area contributed by atoms with E-state index in [-0.39, 0.29) is 5.91 Å². The molecule has 1 saturated carbocycles. The van der Waals surface area contributed by atoms with Crippen molar-refractivity contribution < 1.29 is 9.53 Å². The molecule has 1 unspecified atom stereocenters. The number of nitrogens with two attached hydrogens (primary N) is 1. The lowest BCUT2D eigenvalue weighted by molar-refractivity contribution is -0.126. The molecule has 0 bridgehead atoms. The number of rotatable bonds is 3. The fraction of sp³-hybridized carbons (Fsp3) is 0.917. The van der Waals surface area contributed by atoms with Gasteiger partial charge in [-0.1, -0.05) is 19.3 Å². The first-order valence-electron chi connectivity index (χ1n) is 6.36. The van der Waals surface area contributed by atoms with E-state index in [0.717, 1.165) is 6.54 Å². The number of ether oxygens (including phenoxy) is 1. The minimum absolute atomic E-state index is 0.0319. The van der Waals surface area contributed by atoms with Crippen LogP contribution >= 0.6 is 0 Å². The van der Waals surface area contributed by atoms with Crippen LogP contribution in [0.2, 0.25) is 0 Å². The first-order valence-corrected chi connectivity index (χ1v) is 6.36. The van der Waals surface area contributed by atoms with Gasteiger partial charge < -0.3 is 15.8 Å². The summed E-state index contributed by atoms with van der Waals surface area (Å²) in [6, 6.07) is 0. The van der Waals surface area contributed by atoms with E-state index in [1.165, 1.54) is 32.1 Å². The molecule has 1 atom stereocenters. The lowest BCUT2D eigenvalue weighted by Gasteiger charge is -2.25. The molecule has 1 heterocycles. The van der Waals surface area contributed by atoms with Gasteiger partial charge in [-0.25, -0.2) is 0 Å². The Labute approximate surface area is 96.9 Å². The van der Waals surface area contributed by atoms with Crippen LogP contribution < -0.4 is 11.1 Å². The molecular weight excluding hydrogens is 204 g/mol. The highest BCUT2D eigenvalue weighted by Crippen LogP contribution is 2.23. The van der Waals surface area contributed by atoms with E-state index in [9.17, 15) is 4.79 Å². The lowest BCUT2D eigenvalue weighted by atomic mass is 9.89. The SMILES string of the molecule is NC1(C(=O)NCC2CCCCC2)CCOC1. The maximum atomic E-state index is 11.9. The molecule has 0 aromatic carbocycles. The zero-order valence-electron chi connectivity index (χ0n) is 9.84. The average Bonchev–Trinajstić information content (AvgIpc) is 2.76. The van der Waals surface area contributed by atoms with Crippen LogP contribution in [-0.4, -0.2) is 31.2 Å². The monoisotopic (exact) mass is 226 g/mol. The number of nitrogens with one attached hydrogen (secondary N) is 1. The third kappa shape index (κ3) is 2.74. The van der Waals surface area contributed by atoms with E-state index in [4.69, 9.17) is 10.5 Å². The quantitative estimate of drug-likeness (QED) is 0.748. The molecule has 1 aliphatic carbocycles. The number of hydrogen-bond acceptors (Lipinski definition) is 3. The standard InChI is InChI=1S/C12H22N2O2/c13-12(6-7-16-9-12)11(15)14-8-10-4-2-1-3-5-10/h10H,1-9,13H2,(H,14,15). The molecule has 1 aliphatic heterocycles. The van der Waals surface area contributed by atoms with Gasteiger partial charge in [0.05, 0.1) is 6.61 Å². The fourth-order valence-electron chi connectivity index (χ4n) is 2.56. The largest absolute Gasteiger partial charge is 0.379 e.